The molecule has 0 heterocycles. The van der Waals surface area contributed by atoms with Crippen molar-refractivity contribution < 1.29 is 22.3 Å². The van der Waals surface area contributed by atoms with Crippen molar-refractivity contribution >= 4 is 0 Å². The van der Waals surface area contributed by atoms with E-state index in [-0.39, 0.29) is 18.3 Å². The van der Waals surface area contributed by atoms with Crippen molar-refractivity contribution in [3.8, 4) is 0 Å². The average Bonchev–Trinajstić information content (AvgIpc) is 2.33. The first-order valence-corrected chi connectivity index (χ1v) is 6.47. The molecule has 0 bridgehead atoms. The lowest BCUT2D eigenvalue weighted by Crippen LogP contribution is -2.28. The summed E-state index contributed by atoms with van der Waals surface area (Å²) in [5.74, 6) is -0.670. The Labute approximate surface area is 116 Å². The van der Waals surface area contributed by atoms with Crippen LogP contribution >= 0.6 is 0 Å². The Morgan fingerprint density at radius 2 is 1.90 bits per heavy atom. The molecular formula is C14H19F4NO. The molecule has 0 saturated carbocycles. The second-order valence-electron chi connectivity index (χ2n) is 4.73. The third kappa shape index (κ3) is 4.76. The van der Waals surface area contributed by atoms with Crippen molar-refractivity contribution in [1.29, 1.82) is 0 Å². The minimum atomic E-state index is -4.49. The molecule has 1 rings (SSSR count). The van der Waals surface area contributed by atoms with Gasteiger partial charge in [0.25, 0.3) is 0 Å². The third-order valence-electron chi connectivity index (χ3n) is 2.75. The van der Waals surface area contributed by atoms with E-state index < -0.39 is 23.6 Å². The molecule has 114 valence electrons. The fraction of sp³-hybridized carbons (Fsp3) is 0.571. The van der Waals surface area contributed by atoms with Gasteiger partial charge >= 0.3 is 6.18 Å². The van der Waals surface area contributed by atoms with Crippen LogP contribution in [0.3, 0.4) is 0 Å². The number of rotatable bonds is 6. The first-order chi connectivity index (χ1) is 9.25. The van der Waals surface area contributed by atoms with Crippen molar-refractivity contribution in [3.05, 3.63) is 35.1 Å². The maximum atomic E-state index is 13.8. The van der Waals surface area contributed by atoms with E-state index in [4.69, 9.17) is 4.74 Å². The molecule has 0 aromatic heterocycles. The number of hydrogen-bond donors (Lipinski definition) is 1. The van der Waals surface area contributed by atoms with Crippen LogP contribution in [0.1, 0.15) is 37.9 Å². The molecule has 1 atom stereocenters. The van der Waals surface area contributed by atoms with Crippen molar-refractivity contribution in [2.24, 2.45) is 0 Å². The summed E-state index contributed by atoms with van der Waals surface area (Å²) in [6.07, 6.45) is -4.57. The zero-order valence-electron chi connectivity index (χ0n) is 11.7. The highest BCUT2D eigenvalue weighted by Gasteiger charge is 2.32. The van der Waals surface area contributed by atoms with E-state index in [1.54, 1.807) is 6.92 Å². The molecule has 0 aliphatic carbocycles. The maximum absolute atomic E-state index is 13.8. The predicted molar refractivity (Wildman–Crippen MR) is 68.9 cm³/mol. The first-order valence-electron chi connectivity index (χ1n) is 6.47. The van der Waals surface area contributed by atoms with Gasteiger partial charge in [-0.25, -0.2) is 4.39 Å². The second-order valence-corrected chi connectivity index (χ2v) is 4.73. The quantitative estimate of drug-likeness (QED) is 0.803. The molecule has 1 aromatic carbocycles. The Hall–Kier alpha value is -1.14. The largest absolute Gasteiger partial charge is 0.416 e. The zero-order valence-corrected chi connectivity index (χ0v) is 11.7. The molecule has 6 heteroatoms. The summed E-state index contributed by atoms with van der Waals surface area (Å²) in [7, 11) is 0. The standard InChI is InChI=1S/C14H19F4NO/c1-4-19-13(8-20-9(2)3)11-7-10(14(16,17)18)5-6-12(11)15/h5-7,9,13,19H,4,8H2,1-3H3. The molecule has 0 fully saturated rings. The molecule has 0 spiro atoms. The van der Waals surface area contributed by atoms with Gasteiger partial charge in [-0.05, 0) is 38.6 Å². The minimum Gasteiger partial charge on any atom is -0.377 e. The van der Waals surface area contributed by atoms with Gasteiger partial charge in [0.15, 0.2) is 0 Å². The highest BCUT2D eigenvalue weighted by molar-refractivity contribution is 5.29. The molecule has 20 heavy (non-hydrogen) atoms. The fourth-order valence-electron chi connectivity index (χ4n) is 1.78. The molecule has 1 N–H and O–H groups in total. The zero-order chi connectivity index (χ0) is 15.3. The van der Waals surface area contributed by atoms with E-state index in [0.29, 0.717) is 6.54 Å². The van der Waals surface area contributed by atoms with Gasteiger partial charge in [0, 0.05) is 5.56 Å². The first kappa shape index (κ1) is 16.9. The Balaban J connectivity index is 3.05. The summed E-state index contributed by atoms with van der Waals surface area (Å²) in [6, 6.07) is 1.82. The summed E-state index contributed by atoms with van der Waals surface area (Å²) in [5.41, 5.74) is -0.885. The lowest BCUT2D eigenvalue weighted by molar-refractivity contribution is -0.137. The topological polar surface area (TPSA) is 21.3 Å². The SMILES string of the molecule is CCNC(COC(C)C)c1cc(C(F)(F)F)ccc1F. The summed E-state index contributed by atoms with van der Waals surface area (Å²) in [6.45, 7) is 6.04. The van der Waals surface area contributed by atoms with Crippen LogP contribution in [-0.2, 0) is 10.9 Å². The highest BCUT2D eigenvalue weighted by Crippen LogP contribution is 2.32. The van der Waals surface area contributed by atoms with Crippen LogP contribution in [0.25, 0.3) is 0 Å². The average molecular weight is 293 g/mol. The number of benzene rings is 1. The molecule has 1 aromatic rings. The predicted octanol–water partition coefficient (Wildman–Crippen LogP) is 3.92. The normalized spacial score (nSPS) is 13.8. The summed E-state index contributed by atoms with van der Waals surface area (Å²) >= 11 is 0. The maximum Gasteiger partial charge on any atom is 0.416 e. The Kier molecular flexibility index (Phi) is 5.95. The number of halogens is 4. The smallest absolute Gasteiger partial charge is 0.377 e. The molecular weight excluding hydrogens is 274 g/mol. The molecule has 0 aliphatic rings. The van der Waals surface area contributed by atoms with E-state index in [1.807, 2.05) is 13.8 Å². The van der Waals surface area contributed by atoms with Gasteiger partial charge in [0.1, 0.15) is 5.82 Å². The highest BCUT2D eigenvalue weighted by atomic mass is 19.4. The minimum absolute atomic E-state index is 0.0256. The van der Waals surface area contributed by atoms with Gasteiger partial charge in [-0.15, -0.1) is 0 Å². The van der Waals surface area contributed by atoms with E-state index in [2.05, 4.69) is 5.32 Å². The van der Waals surface area contributed by atoms with E-state index in [9.17, 15) is 17.6 Å². The Morgan fingerprint density at radius 1 is 1.25 bits per heavy atom. The van der Waals surface area contributed by atoms with Crippen LogP contribution < -0.4 is 5.32 Å². The van der Waals surface area contributed by atoms with Gasteiger partial charge in [-0.1, -0.05) is 6.92 Å². The molecule has 2 nitrogen and oxygen atoms in total. The molecule has 0 amide bonds. The number of nitrogens with one attached hydrogen (secondary N) is 1. The van der Waals surface area contributed by atoms with Crippen LogP contribution in [0, 0.1) is 5.82 Å². The van der Waals surface area contributed by atoms with Crippen LogP contribution in [0.5, 0.6) is 0 Å². The van der Waals surface area contributed by atoms with Crippen molar-refractivity contribution in [2.45, 2.75) is 39.1 Å². The van der Waals surface area contributed by atoms with Crippen molar-refractivity contribution in [3.63, 3.8) is 0 Å². The van der Waals surface area contributed by atoms with Gasteiger partial charge in [-0.2, -0.15) is 13.2 Å². The number of ether oxygens (including phenoxy) is 1. The van der Waals surface area contributed by atoms with Crippen molar-refractivity contribution in [1.82, 2.24) is 5.32 Å². The molecule has 0 aliphatic heterocycles. The molecule has 0 radical (unpaired) electrons. The van der Waals surface area contributed by atoms with Crippen molar-refractivity contribution in [2.75, 3.05) is 13.2 Å². The van der Waals surface area contributed by atoms with Crippen LogP contribution in [0.15, 0.2) is 18.2 Å². The van der Waals surface area contributed by atoms with Gasteiger partial charge in [-0.3, -0.25) is 0 Å². The number of likely N-dealkylation sites (N-methyl/N-ethyl adjacent to an activating group) is 1. The van der Waals surface area contributed by atoms with E-state index in [0.717, 1.165) is 18.2 Å². The lowest BCUT2D eigenvalue weighted by atomic mass is 10.0. The second kappa shape index (κ2) is 7.04. The summed E-state index contributed by atoms with van der Waals surface area (Å²) < 4.78 is 57.2. The van der Waals surface area contributed by atoms with Crippen LogP contribution in [0.4, 0.5) is 17.6 Å². The number of hydrogen-bond acceptors (Lipinski definition) is 2. The van der Waals surface area contributed by atoms with Crippen LogP contribution in [0.2, 0.25) is 0 Å². The Bertz CT molecular complexity index is 432. The Morgan fingerprint density at radius 3 is 2.40 bits per heavy atom. The van der Waals surface area contributed by atoms with Gasteiger partial charge in [0.05, 0.1) is 24.3 Å². The van der Waals surface area contributed by atoms with E-state index >= 15 is 0 Å². The van der Waals surface area contributed by atoms with Gasteiger partial charge in [0.2, 0.25) is 0 Å². The van der Waals surface area contributed by atoms with E-state index in [1.165, 1.54) is 0 Å². The molecule has 1 unspecified atom stereocenters. The number of alkyl halides is 3. The monoisotopic (exact) mass is 293 g/mol. The third-order valence-corrected chi connectivity index (χ3v) is 2.75. The fourth-order valence-corrected chi connectivity index (χ4v) is 1.78. The summed E-state index contributed by atoms with van der Waals surface area (Å²) in [5, 5.41) is 2.94. The lowest BCUT2D eigenvalue weighted by Gasteiger charge is -2.21. The summed E-state index contributed by atoms with van der Waals surface area (Å²) in [4.78, 5) is 0. The molecule has 0 saturated heterocycles. The van der Waals surface area contributed by atoms with Gasteiger partial charge < -0.3 is 10.1 Å². The van der Waals surface area contributed by atoms with Crippen LogP contribution in [-0.4, -0.2) is 19.3 Å².